The maximum absolute atomic E-state index is 13.1. The second-order valence-electron chi connectivity index (χ2n) is 8.13. The van der Waals surface area contributed by atoms with Gasteiger partial charge in [-0.1, -0.05) is 30.3 Å². The zero-order valence-corrected chi connectivity index (χ0v) is 19.6. The van der Waals surface area contributed by atoms with E-state index in [1.54, 1.807) is 24.3 Å². The second-order valence-corrected chi connectivity index (χ2v) is 8.50. The highest BCUT2D eigenvalue weighted by Gasteiger charge is 2.38. The highest BCUT2D eigenvalue weighted by atomic mass is 32.1. The van der Waals surface area contributed by atoms with Gasteiger partial charge in [-0.05, 0) is 24.8 Å². The molecule has 1 saturated heterocycles. The molecular weight excluding hydrogens is 462 g/mol. The largest absolute Gasteiger partial charge is 0.480 e. The number of nitrogens with one attached hydrogen (secondary N) is 2. The van der Waals surface area contributed by atoms with Gasteiger partial charge < -0.3 is 32.1 Å². The lowest BCUT2D eigenvalue weighted by Gasteiger charge is -2.28. The Labute approximate surface area is 203 Å². The van der Waals surface area contributed by atoms with Crippen molar-refractivity contribution >= 4 is 42.2 Å². The maximum atomic E-state index is 13.1. The van der Waals surface area contributed by atoms with Crippen LogP contribution in [-0.2, 0) is 30.4 Å². The van der Waals surface area contributed by atoms with Crippen molar-refractivity contribution in [1.82, 2.24) is 15.5 Å². The highest BCUT2D eigenvalue weighted by Crippen LogP contribution is 2.19. The maximum Gasteiger partial charge on any atom is 0.327 e. The average Bonchev–Trinajstić information content (AvgIpc) is 3.30. The number of aliphatic carboxylic acids is 1. The number of hydrogen-bond donors (Lipinski definition) is 6. The summed E-state index contributed by atoms with van der Waals surface area (Å²) in [5.74, 6) is -3.63. The number of rotatable bonds is 12. The molecule has 1 aliphatic heterocycles. The van der Waals surface area contributed by atoms with Crippen LogP contribution in [0.15, 0.2) is 30.3 Å². The van der Waals surface area contributed by atoms with E-state index in [-0.39, 0.29) is 25.0 Å². The molecule has 0 bridgehead atoms. The van der Waals surface area contributed by atoms with E-state index in [9.17, 15) is 29.1 Å². The zero-order chi connectivity index (χ0) is 25.3. The Kier molecular flexibility index (Phi) is 10.3. The molecule has 0 aliphatic carbocycles. The summed E-state index contributed by atoms with van der Waals surface area (Å²) in [6.07, 6.45) is 1.10. The topological polar surface area (TPSA) is 185 Å². The van der Waals surface area contributed by atoms with Crippen LogP contribution in [0.2, 0.25) is 0 Å². The van der Waals surface area contributed by atoms with Gasteiger partial charge in [0, 0.05) is 25.1 Å². The van der Waals surface area contributed by atoms with Gasteiger partial charge in [0.2, 0.25) is 23.6 Å². The molecule has 1 aliphatic rings. The summed E-state index contributed by atoms with van der Waals surface area (Å²) in [6, 6.07) is 4.83. The third-order valence-electron chi connectivity index (χ3n) is 5.57. The van der Waals surface area contributed by atoms with Gasteiger partial charge >= 0.3 is 5.97 Å². The van der Waals surface area contributed by atoms with Crippen LogP contribution < -0.4 is 22.1 Å². The Hall–Kier alpha value is -3.12. The van der Waals surface area contributed by atoms with Crippen molar-refractivity contribution < 1.29 is 29.1 Å². The van der Waals surface area contributed by atoms with Gasteiger partial charge in [-0.2, -0.15) is 12.6 Å². The van der Waals surface area contributed by atoms with E-state index in [2.05, 4.69) is 23.3 Å². The van der Waals surface area contributed by atoms with Gasteiger partial charge in [0.15, 0.2) is 0 Å². The Bertz CT molecular complexity index is 899. The molecule has 0 spiro atoms. The molecule has 4 unspecified atom stereocenters. The number of amides is 4. The normalized spacial score (nSPS) is 17.9. The monoisotopic (exact) mass is 493 g/mol. The zero-order valence-electron chi connectivity index (χ0n) is 18.7. The fourth-order valence-corrected chi connectivity index (χ4v) is 3.97. The summed E-state index contributed by atoms with van der Waals surface area (Å²) in [7, 11) is 0. The number of likely N-dealkylation sites (tertiary alicyclic amines) is 1. The minimum absolute atomic E-state index is 0.0488. The van der Waals surface area contributed by atoms with E-state index >= 15 is 0 Å². The van der Waals surface area contributed by atoms with Crippen molar-refractivity contribution in [3.63, 3.8) is 0 Å². The molecule has 12 heteroatoms. The second kappa shape index (κ2) is 12.9. The number of hydrogen-bond acceptors (Lipinski definition) is 7. The molecule has 1 aromatic carbocycles. The number of nitrogens with zero attached hydrogens (tertiary/aromatic N) is 1. The number of carboxylic acid groups (broad SMARTS) is 1. The fourth-order valence-electron chi connectivity index (χ4n) is 3.72. The van der Waals surface area contributed by atoms with Crippen LogP contribution in [-0.4, -0.2) is 76.1 Å². The average molecular weight is 494 g/mol. The Morgan fingerprint density at radius 2 is 1.79 bits per heavy atom. The standard InChI is InChI=1S/C22H31N5O6S/c23-14(8-9-18(24)28)21(31)27-10-4-7-17(27)20(30)25-15(11-13-5-2-1-3-6-13)19(29)26-16(12-34)22(32)33/h1-3,5-6,14-17,34H,4,7-12,23H2,(H2,24,28)(H,25,30)(H,26,29)(H,32,33). The van der Waals surface area contributed by atoms with Gasteiger partial charge in [-0.3, -0.25) is 19.2 Å². The number of primary amides is 1. The van der Waals surface area contributed by atoms with E-state index in [0.717, 1.165) is 5.56 Å². The molecule has 11 nitrogen and oxygen atoms in total. The molecule has 4 amide bonds. The summed E-state index contributed by atoms with van der Waals surface area (Å²) >= 11 is 3.95. The Morgan fingerprint density at radius 3 is 2.38 bits per heavy atom. The number of thiol groups is 1. The molecule has 7 N–H and O–H groups in total. The highest BCUT2D eigenvalue weighted by molar-refractivity contribution is 7.80. The van der Waals surface area contributed by atoms with E-state index in [4.69, 9.17) is 11.5 Å². The van der Waals surface area contributed by atoms with Crippen LogP contribution in [0, 0.1) is 0 Å². The lowest BCUT2D eigenvalue weighted by atomic mass is 10.0. The first-order chi connectivity index (χ1) is 16.1. The molecule has 1 fully saturated rings. The quantitative estimate of drug-likeness (QED) is 0.197. The van der Waals surface area contributed by atoms with Gasteiger partial charge in [-0.25, -0.2) is 4.79 Å². The smallest absolute Gasteiger partial charge is 0.327 e. The third kappa shape index (κ3) is 7.73. The lowest BCUT2D eigenvalue weighted by molar-refractivity contribution is -0.142. The number of carbonyl (C=O) groups excluding carboxylic acids is 4. The summed E-state index contributed by atoms with van der Waals surface area (Å²) in [4.78, 5) is 62.4. The number of nitrogens with two attached hydrogens (primary N) is 2. The van der Waals surface area contributed by atoms with Gasteiger partial charge in [0.1, 0.15) is 18.1 Å². The van der Waals surface area contributed by atoms with Gasteiger partial charge in [0.05, 0.1) is 6.04 Å². The van der Waals surface area contributed by atoms with Gasteiger partial charge in [0.25, 0.3) is 0 Å². The molecule has 186 valence electrons. The summed E-state index contributed by atoms with van der Waals surface area (Å²) in [5.41, 5.74) is 11.8. The van der Waals surface area contributed by atoms with Gasteiger partial charge in [-0.15, -0.1) is 0 Å². The predicted octanol–water partition coefficient (Wildman–Crippen LogP) is -1.20. The van der Waals surface area contributed by atoms with Crippen LogP contribution in [0.25, 0.3) is 0 Å². The number of carboxylic acids is 1. The van der Waals surface area contributed by atoms with Crippen LogP contribution in [0.1, 0.15) is 31.2 Å². The minimum atomic E-state index is -1.24. The van der Waals surface area contributed by atoms with Crippen molar-refractivity contribution in [3.05, 3.63) is 35.9 Å². The van der Waals surface area contributed by atoms with Crippen molar-refractivity contribution in [2.75, 3.05) is 12.3 Å². The van der Waals surface area contributed by atoms with Crippen LogP contribution >= 0.6 is 12.6 Å². The Morgan fingerprint density at radius 1 is 1.12 bits per heavy atom. The first kappa shape index (κ1) is 27.1. The molecule has 0 saturated carbocycles. The molecular formula is C22H31N5O6S. The molecule has 1 heterocycles. The van der Waals surface area contributed by atoms with Crippen molar-refractivity contribution in [2.24, 2.45) is 11.5 Å². The molecule has 2 rings (SSSR count). The first-order valence-corrected chi connectivity index (χ1v) is 11.6. The SMILES string of the molecule is NC(=O)CCC(N)C(=O)N1CCCC1C(=O)NC(Cc1ccccc1)C(=O)NC(CS)C(=O)O. The molecule has 4 atom stereocenters. The van der Waals surface area contributed by atoms with E-state index in [0.29, 0.717) is 19.4 Å². The first-order valence-electron chi connectivity index (χ1n) is 11.0. The van der Waals surface area contributed by atoms with Crippen LogP contribution in [0.5, 0.6) is 0 Å². The fraction of sp³-hybridized carbons (Fsp3) is 0.500. The summed E-state index contributed by atoms with van der Waals surface area (Å²) in [6.45, 7) is 0.317. The number of benzene rings is 1. The predicted molar refractivity (Wildman–Crippen MR) is 127 cm³/mol. The number of carbonyl (C=O) groups is 5. The van der Waals surface area contributed by atoms with Crippen LogP contribution in [0.3, 0.4) is 0 Å². The molecule has 1 aromatic rings. The summed E-state index contributed by atoms with van der Waals surface area (Å²) < 4.78 is 0. The van der Waals surface area contributed by atoms with E-state index < -0.39 is 53.8 Å². The molecule has 34 heavy (non-hydrogen) atoms. The minimum Gasteiger partial charge on any atom is -0.480 e. The molecule has 0 radical (unpaired) electrons. The van der Waals surface area contributed by atoms with Crippen molar-refractivity contribution in [1.29, 1.82) is 0 Å². The molecule has 0 aromatic heterocycles. The third-order valence-corrected chi connectivity index (χ3v) is 5.94. The lowest BCUT2D eigenvalue weighted by Crippen LogP contribution is -2.57. The van der Waals surface area contributed by atoms with E-state index in [1.165, 1.54) is 4.90 Å². The van der Waals surface area contributed by atoms with Crippen LogP contribution in [0.4, 0.5) is 0 Å². The van der Waals surface area contributed by atoms with Crippen molar-refractivity contribution in [3.8, 4) is 0 Å². The van der Waals surface area contributed by atoms with E-state index in [1.807, 2.05) is 6.07 Å². The summed E-state index contributed by atoms with van der Waals surface area (Å²) in [5, 5.41) is 14.3. The Balaban J connectivity index is 2.14. The van der Waals surface area contributed by atoms with Crippen molar-refractivity contribution in [2.45, 2.75) is 56.3 Å².